The molecule has 2 saturated heterocycles. The molecule has 2 fully saturated rings. The molecule has 224 valence electrons. The molecule has 14 heteroatoms. The van der Waals surface area contributed by atoms with E-state index in [9.17, 15) is 23.7 Å². The summed E-state index contributed by atoms with van der Waals surface area (Å²) in [6, 6.07) is 6.94. The molecule has 0 aromatic heterocycles. The number of esters is 2. The van der Waals surface area contributed by atoms with Gasteiger partial charge in [-0.1, -0.05) is 31.0 Å². The van der Waals surface area contributed by atoms with Crippen LogP contribution >= 0.6 is 7.75 Å². The van der Waals surface area contributed by atoms with Gasteiger partial charge in [0.2, 0.25) is 5.91 Å². The standard InChI is InChI=1S/C27H34FN2O10P/c1-18-25(34)36-15-9-4-3-8-12-23(33)39-24-21(17-37-41(35,29-18)40-20-10-6-5-7-11-20)38-26(27(24,2)28)30-14-13-19(31)16-22(30)32/h5-7,10-11,13-14,18,21,24,26H,3-4,8-9,12,15-17H2,1-2H3,(H,29,35)/t18-,21+,24+,26+,27+,41-/m0/s1. The van der Waals surface area contributed by atoms with Crippen LogP contribution < -0.4 is 9.61 Å². The molecule has 41 heavy (non-hydrogen) atoms. The lowest BCUT2D eigenvalue weighted by Gasteiger charge is -2.33. The Labute approximate surface area is 237 Å². The molecule has 1 amide bonds. The average molecular weight is 597 g/mol. The Balaban J connectivity index is 1.63. The number of carbonyl (C=O) groups excluding carboxylic acids is 4. The number of halogens is 1. The maximum Gasteiger partial charge on any atom is 0.459 e. The average Bonchev–Trinajstić information content (AvgIpc) is 3.16. The summed E-state index contributed by atoms with van der Waals surface area (Å²) in [5.74, 6) is -2.34. The minimum atomic E-state index is -4.35. The smallest absolute Gasteiger partial charge is 0.459 e. The third-order valence-electron chi connectivity index (χ3n) is 6.83. The molecular formula is C27H34FN2O10P. The Bertz CT molecular complexity index is 1210. The molecule has 0 radical (unpaired) electrons. The zero-order chi connectivity index (χ0) is 29.6. The van der Waals surface area contributed by atoms with Gasteiger partial charge in [0.25, 0.3) is 0 Å². The highest BCUT2D eigenvalue weighted by Gasteiger charge is 2.60. The Morgan fingerprint density at radius 1 is 1.10 bits per heavy atom. The SMILES string of the molecule is C[C@@H]1N[P@@](=O)(Oc2ccccc2)OC[C@H]2O[C@@H](N3C=CC(=O)CC3=O)[C@](C)(F)[C@@H]2OC(=O)CCCCCCOC1=O. The second-order valence-electron chi connectivity index (χ2n) is 10.2. The second kappa shape index (κ2) is 13.2. The van der Waals surface area contributed by atoms with Crippen LogP contribution in [0.25, 0.3) is 0 Å². The summed E-state index contributed by atoms with van der Waals surface area (Å²) in [5.41, 5.74) is -2.44. The Hall–Kier alpha value is -3.12. The van der Waals surface area contributed by atoms with Gasteiger partial charge in [0.05, 0.1) is 19.6 Å². The predicted octanol–water partition coefficient (Wildman–Crippen LogP) is 3.36. The minimum Gasteiger partial charge on any atom is -0.465 e. The number of hydrogen-bond donors (Lipinski definition) is 1. The van der Waals surface area contributed by atoms with E-state index in [1.165, 1.54) is 19.1 Å². The minimum absolute atomic E-state index is 0.00411. The van der Waals surface area contributed by atoms with Gasteiger partial charge in [-0.3, -0.25) is 28.6 Å². The highest BCUT2D eigenvalue weighted by molar-refractivity contribution is 7.52. The van der Waals surface area contributed by atoms with Crippen molar-refractivity contribution in [3.63, 3.8) is 0 Å². The van der Waals surface area contributed by atoms with Crippen LogP contribution in [0.15, 0.2) is 42.6 Å². The molecule has 1 aromatic rings. The van der Waals surface area contributed by atoms with E-state index in [0.717, 1.165) is 24.1 Å². The van der Waals surface area contributed by atoms with E-state index in [1.54, 1.807) is 18.2 Å². The summed E-state index contributed by atoms with van der Waals surface area (Å²) in [7, 11) is -4.35. The first-order valence-corrected chi connectivity index (χ1v) is 15.0. The van der Waals surface area contributed by atoms with E-state index in [1.807, 2.05) is 0 Å². The topological polar surface area (TPSA) is 147 Å². The highest BCUT2D eigenvalue weighted by Crippen LogP contribution is 2.47. The van der Waals surface area contributed by atoms with Crippen molar-refractivity contribution in [3.05, 3.63) is 42.6 Å². The van der Waals surface area contributed by atoms with Crippen molar-refractivity contribution in [3.8, 4) is 5.75 Å². The lowest BCUT2D eigenvalue weighted by molar-refractivity contribution is -0.158. The van der Waals surface area contributed by atoms with E-state index in [0.29, 0.717) is 25.7 Å². The van der Waals surface area contributed by atoms with Crippen LogP contribution in [0.1, 0.15) is 52.4 Å². The van der Waals surface area contributed by atoms with Crippen LogP contribution in [0.4, 0.5) is 4.39 Å². The molecule has 0 unspecified atom stereocenters. The first-order chi connectivity index (χ1) is 19.5. The highest BCUT2D eigenvalue weighted by atomic mass is 31.2. The van der Waals surface area contributed by atoms with Gasteiger partial charge in [0.1, 0.15) is 17.9 Å². The van der Waals surface area contributed by atoms with E-state index >= 15 is 4.39 Å². The number of carbonyl (C=O) groups is 4. The normalized spacial score (nSPS) is 34.4. The van der Waals surface area contributed by atoms with Gasteiger partial charge in [-0.05, 0) is 44.9 Å². The summed E-state index contributed by atoms with van der Waals surface area (Å²) in [6.07, 6.45) is -0.401. The van der Waals surface area contributed by atoms with E-state index in [4.69, 9.17) is 23.3 Å². The predicted molar refractivity (Wildman–Crippen MR) is 141 cm³/mol. The first-order valence-electron chi connectivity index (χ1n) is 13.5. The van der Waals surface area contributed by atoms with Crippen LogP contribution in [-0.2, 0) is 42.5 Å². The van der Waals surface area contributed by atoms with Gasteiger partial charge in [-0.15, -0.1) is 0 Å². The van der Waals surface area contributed by atoms with Crippen molar-refractivity contribution >= 4 is 31.4 Å². The number of ether oxygens (including phenoxy) is 3. The van der Waals surface area contributed by atoms with Crippen molar-refractivity contribution < 1.29 is 51.4 Å². The van der Waals surface area contributed by atoms with Crippen LogP contribution in [0.3, 0.4) is 0 Å². The molecule has 0 saturated carbocycles. The summed E-state index contributed by atoms with van der Waals surface area (Å²) in [5, 5.41) is 2.55. The van der Waals surface area contributed by atoms with Gasteiger partial charge >= 0.3 is 19.7 Å². The van der Waals surface area contributed by atoms with Crippen molar-refractivity contribution in [1.82, 2.24) is 9.99 Å². The molecule has 1 N–H and O–H groups in total. The molecule has 0 aliphatic carbocycles. The molecule has 0 spiro atoms. The second-order valence-corrected chi connectivity index (χ2v) is 11.9. The number of fused-ring (bicyclic) bond motifs is 1. The maximum atomic E-state index is 16.4. The van der Waals surface area contributed by atoms with E-state index < -0.39 is 74.5 Å². The van der Waals surface area contributed by atoms with E-state index in [-0.39, 0.29) is 18.8 Å². The third-order valence-corrected chi connectivity index (χ3v) is 8.47. The molecule has 12 nitrogen and oxygen atoms in total. The Morgan fingerprint density at radius 2 is 1.83 bits per heavy atom. The Kier molecular flexibility index (Phi) is 9.96. The fraction of sp³-hybridized carbons (Fsp3) is 0.556. The van der Waals surface area contributed by atoms with Crippen LogP contribution in [-0.4, -0.2) is 71.9 Å². The summed E-state index contributed by atoms with van der Waals surface area (Å²) in [4.78, 5) is 50.5. The van der Waals surface area contributed by atoms with Gasteiger partial charge in [0, 0.05) is 12.6 Å². The molecular weight excluding hydrogens is 562 g/mol. The van der Waals surface area contributed by atoms with Crippen molar-refractivity contribution in [2.75, 3.05) is 13.2 Å². The third kappa shape index (κ3) is 7.79. The maximum absolute atomic E-state index is 16.4. The number of cyclic esters (lactones) is 1. The zero-order valence-corrected chi connectivity index (χ0v) is 23.8. The number of alkyl halides is 1. The molecule has 6 atom stereocenters. The summed E-state index contributed by atoms with van der Waals surface area (Å²) >= 11 is 0. The number of para-hydroxylation sites is 1. The van der Waals surface area contributed by atoms with Crippen LogP contribution in [0.5, 0.6) is 5.75 Å². The molecule has 0 bridgehead atoms. The monoisotopic (exact) mass is 596 g/mol. The van der Waals surface area contributed by atoms with Crippen molar-refractivity contribution in [1.29, 1.82) is 0 Å². The number of allylic oxidation sites excluding steroid dienone is 1. The van der Waals surface area contributed by atoms with Crippen molar-refractivity contribution in [2.24, 2.45) is 0 Å². The number of hydrogen-bond acceptors (Lipinski definition) is 10. The van der Waals surface area contributed by atoms with E-state index in [2.05, 4.69) is 5.09 Å². The van der Waals surface area contributed by atoms with Gasteiger partial charge in [0.15, 0.2) is 23.8 Å². The number of benzene rings is 1. The largest absolute Gasteiger partial charge is 0.465 e. The molecule has 1 aromatic carbocycles. The van der Waals surface area contributed by atoms with Gasteiger partial charge in [-0.25, -0.2) is 8.96 Å². The zero-order valence-electron chi connectivity index (χ0n) is 22.9. The van der Waals surface area contributed by atoms with Gasteiger partial charge in [-0.2, -0.15) is 5.09 Å². The Morgan fingerprint density at radius 3 is 2.56 bits per heavy atom. The number of rotatable bonds is 3. The van der Waals surface area contributed by atoms with Crippen LogP contribution in [0.2, 0.25) is 0 Å². The van der Waals surface area contributed by atoms with Crippen molar-refractivity contribution in [2.45, 2.75) is 82.5 Å². The van der Waals surface area contributed by atoms with Gasteiger partial charge < -0.3 is 18.7 Å². The fourth-order valence-corrected chi connectivity index (χ4v) is 6.18. The molecule has 4 rings (SSSR count). The summed E-state index contributed by atoms with van der Waals surface area (Å²) in [6.45, 7) is 2.07. The number of ketones is 1. The quantitative estimate of drug-likeness (QED) is 0.311. The summed E-state index contributed by atoms with van der Waals surface area (Å²) < 4.78 is 58.2. The lowest BCUT2D eigenvalue weighted by atomic mass is 9.97. The fourth-order valence-electron chi connectivity index (χ4n) is 4.68. The number of amides is 1. The van der Waals surface area contributed by atoms with Crippen LogP contribution in [0, 0.1) is 0 Å². The lowest BCUT2D eigenvalue weighted by Crippen LogP contribution is -2.52. The number of nitrogens with zero attached hydrogens (tertiary/aromatic N) is 1. The molecule has 3 aliphatic heterocycles. The molecule has 3 aliphatic rings. The first kappa shape index (κ1) is 30.8. The number of nitrogens with one attached hydrogen (secondary N) is 1. The molecule has 3 heterocycles.